The second-order valence-corrected chi connectivity index (χ2v) is 2.96. The summed E-state index contributed by atoms with van der Waals surface area (Å²) in [6, 6.07) is 7.21. The molecule has 14 heavy (non-hydrogen) atoms. The van der Waals surface area contributed by atoms with E-state index in [0.717, 1.165) is 17.5 Å². The molecule has 0 fully saturated rings. The molecule has 1 unspecified atom stereocenters. The molecule has 0 amide bonds. The lowest BCUT2D eigenvalue weighted by Crippen LogP contribution is -2.03. The van der Waals surface area contributed by atoms with Crippen molar-refractivity contribution in [1.82, 2.24) is 0 Å². The molecule has 1 N–H and O–H groups in total. The van der Waals surface area contributed by atoms with Gasteiger partial charge in [-0.3, -0.25) is 0 Å². The first-order valence-electron chi connectivity index (χ1n) is 4.56. The lowest BCUT2D eigenvalue weighted by atomic mass is 10.00. The minimum absolute atomic E-state index is 0.152. The molecule has 1 aromatic carbocycles. The highest BCUT2D eigenvalue weighted by Gasteiger charge is 2.10. The van der Waals surface area contributed by atoms with E-state index in [9.17, 15) is 0 Å². The zero-order chi connectivity index (χ0) is 10.4. The van der Waals surface area contributed by atoms with Crippen LogP contribution in [0, 0.1) is 0 Å². The summed E-state index contributed by atoms with van der Waals surface area (Å²) in [5.41, 5.74) is 10.4. The zero-order valence-electron chi connectivity index (χ0n) is 8.09. The molecular weight excluding hydrogens is 178 g/mol. The molecule has 0 heterocycles. The highest BCUT2D eigenvalue weighted by atomic mass is 16.3. The summed E-state index contributed by atoms with van der Waals surface area (Å²) in [4.78, 5) is 2.72. The van der Waals surface area contributed by atoms with E-state index >= 15 is 0 Å². The Labute approximate surface area is 82.8 Å². The summed E-state index contributed by atoms with van der Waals surface area (Å²) in [7, 11) is 0. The number of aliphatic hydroxyl groups is 1. The highest BCUT2D eigenvalue weighted by Crippen LogP contribution is 2.21. The summed E-state index contributed by atoms with van der Waals surface area (Å²) >= 11 is 0. The Morgan fingerprint density at radius 1 is 1.50 bits per heavy atom. The number of azide groups is 1. The van der Waals surface area contributed by atoms with E-state index in [4.69, 9.17) is 10.6 Å². The molecule has 4 heteroatoms. The predicted octanol–water partition coefficient (Wildman–Crippen LogP) is 2.59. The second-order valence-electron chi connectivity index (χ2n) is 2.96. The first kappa shape index (κ1) is 10.6. The molecule has 0 aliphatic rings. The van der Waals surface area contributed by atoms with Gasteiger partial charge in [0, 0.05) is 4.91 Å². The number of nitrogens with zero attached hydrogens (tertiary/aromatic N) is 3. The molecule has 4 nitrogen and oxygen atoms in total. The molecule has 1 aromatic rings. The van der Waals surface area contributed by atoms with Gasteiger partial charge in [0.2, 0.25) is 0 Å². The maximum absolute atomic E-state index is 9.07. The SMILES string of the molecule is CCc1ccccc1C(CO)N=[N+]=[N-]. The monoisotopic (exact) mass is 191 g/mol. The van der Waals surface area contributed by atoms with Crippen molar-refractivity contribution in [3.63, 3.8) is 0 Å². The molecule has 0 saturated carbocycles. The summed E-state index contributed by atoms with van der Waals surface area (Å²) in [6.45, 7) is 1.88. The summed E-state index contributed by atoms with van der Waals surface area (Å²) in [5, 5.41) is 12.6. The number of benzene rings is 1. The van der Waals surface area contributed by atoms with E-state index < -0.39 is 6.04 Å². The molecular formula is C10H13N3O. The molecule has 0 aromatic heterocycles. The van der Waals surface area contributed by atoms with Crippen molar-refractivity contribution < 1.29 is 5.11 Å². The van der Waals surface area contributed by atoms with Crippen LogP contribution in [-0.2, 0) is 6.42 Å². The van der Waals surface area contributed by atoms with Gasteiger partial charge >= 0.3 is 0 Å². The molecule has 0 radical (unpaired) electrons. The second kappa shape index (κ2) is 5.27. The minimum Gasteiger partial charge on any atom is -0.396 e. The first-order valence-corrected chi connectivity index (χ1v) is 4.56. The van der Waals surface area contributed by atoms with Crippen LogP contribution in [0.4, 0.5) is 0 Å². The fraction of sp³-hybridized carbons (Fsp3) is 0.400. The summed E-state index contributed by atoms with van der Waals surface area (Å²) in [5.74, 6) is 0. The van der Waals surface area contributed by atoms with Crippen molar-refractivity contribution in [2.45, 2.75) is 19.4 Å². The largest absolute Gasteiger partial charge is 0.396 e. The molecule has 0 aliphatic carbocycles. The lowest BCUT2D eigenvalue weighted by molar-refractivity contribution is 0.267. The number of rotatable bonds is 4. The van der Waals surface area contributed by atoms with Crippen LogP contribution in [0.15, 0.2) is 29.4 Å². The molecule has 1 atom stereocenters. The van der Waals surface area contributed by atoms with E-state index in [1.54, 1.807) is 0 Å². The topological polar surface area (TPSA) is 69.0 Å². The fourth-order valence-corrected chi connectivity index (χ4v) is 1.44. The highest BCUT2D eigenvalue weighted by molar-refractivity contribution is 5.30. The predicted molar refractivity (Wildman–Crippen MR) is 54.8 cm³/mol. The third-order valence-corrected chi connectivity index (χ3v) is 2.16. The van der Waals surface area contributed by atoms with Gasteiger partial charge in [0.25, 0.3) is 0 Å². The third-order valence-electron chi connectivity index (χ3n) is 2.16. The molecule has 1 rings (SSSR count). The average Bonchev–Trinajstić information content (AvgIpc) is 2.26. The van der Waals surface area contributed by atoms with Crippen LogP contribution in [0.2, 0.25) is 0 Å². The molecule has 0 spiro atoms. The van der Waals surface area contributed by atoms with Crippen LogP contribution in [0.1, 0.15) is 24.1 Å². The summed E-state index contributed by atoms with van der Waals surface area (Å²) < 4.78 is 0. The number of hydrogen-bond acceptors (Lipinski definition) is 2. The van der Waals surface area contributed by atoms with Crippen LogP contribution in [0.5, 0.6) is 0 Å². The molecule has 0 bridgehead atoms. The number of aryl methyl sites for hydroxylation is 1. The van der Waals surface area contributed by atoms with Gasteiger partial charge in [-0.15, -0.1) is 0 Å². The van der Waals surface area contributed by atoms with E-state index in [-0.39, 0.29) is 6.61 Å². The Bertz CT molecular complexity index is 345. The quantitative estimate of drug-likeness (QED) is 0.443. The van der Waals surface area contributed by atoms with Crippen LogP contribution in [-0.4, -0.2) is 11.7 Å². The van der Waals surface area contributed by atoms with Crippen LogP contribution < -0.4 is 0 Å². The van der Waals surface area contributed by atoms with Gasteiger partial charge in [0.15, 0.2) is 0 Å². The van der Waals surface area contributed by atoms with Gasteiger partial charge < -0.3 is 5.11 Å². The van der Waals surface area contributed by atoms with Crippen molar-refractivity contribution in [3.05, 3.63) is 45.8 Å². The Hall–Kier alpha value is -1.51. The normalized spacial score (nSPS) is 11.9. The van der Waals surface area contributed by atoms with Crippen molar-refractivity contribution in [3.8, 4) is 0 Å². The summed E-state index contributed by atoms with van der Waals surface area (Å²) in [6.07, 6.45) is 0.869. The van der Waals surface area contributed by atoms with Gasteiger partial charge in [-0.05, 0) is 23.1 Å². The van der Waals surface area contributed by atoms with Crippen molar-refractivity contribution in [2.24, 2.45) is 5.11 Å². The lowest BCUT2D eigenvalue weighted by Gasteiger charge is -2.12. The maximum atomic E-state index is 9.07. The van der Waals surface area contributed by atoms with Gasteiger partial charge in [-0.25, -0.2) is 0 Å². The van der Waals surface area contributed by atoms with E-state index in [1.165, 1.54) is 0 Å². The van der Waals surface area contributed by atoms with E-state index in [2.05, 4.69) is 10.0 Å². The molecule has 0 aliphatic heterocycles. The maximum Gasteiger partial charge on any atom is 0.0859 e. The van der Waals surface area contributed by atoms with Gasteiger partial charge in [-0.1, -0.05) is 36.3 Å². The zero-order valence-corrected chi connectivity index (χ0v) is 8.09. The Kier molecular flexibility index (Phi) is 3.98. The smallest absolute Gasteiger partial charge is 0.0859 e. The number of aliphatic hydroxyl groups excluding tert-OH is 1. The Morgan fingerprint density at radius 3 is 2.79 bits per heavy atom. The van der Waals surface area contributed by atoms with E-state index in [0.29, 0.717) is 0 Å². The van der Waals surface area contributed by atoms with Crippen molar-refractivity contribution >= 4 is 0 Å². The number of hydrogen-bond donors (Lipinski definition) is 1. The van der Waals surface area contributed by atoms with Gasteiger partial charge in [-0.2, -0.15) is 0 Å². The minimum atomic E-state index is -0.462. The standard InChI is InChI=1S/C10H13N3O/c1-2-8-5-3-4-6-9(8)10(7-14)12-13-11/h3-6,10,14H,2,7H2,1H3. The van der Waals surface area contributed by atoms with E-state index in [1.807, 2.05) is 31.2 Å². The molecule has 74 valence electrons. The molecule has 0 saturated heterocycles. The van der Waals surface area contributed by atoms with Crippen molar-refractivity contribution in [1.29, 1.82) is 0 Å². The Balaban J connectivity index is 3.08. The van der Waals surface area contributed by atoms with Gasteiger partial charge in [0.1, 0.15) is 0 Å². The first-order chi connectivity index (χ1) is 6.83. The third kappa shape index (κ3) is 2.25. The van der Waals surface area contributed by atoms with Crippen LogP contribution in [0.25, 0.3) is 10.4 Å². The van der Waals surface area contributed by atoms with Gasteiger partial charge in [0.05, 0.1) is 12.6 Å². The Morgan fingerprint density at radius 2 is 2.21 bits per heavy atom. The van der Waals surface area contributed by atoms with Crippen LogP contribution >= 0.6 is 0 Å². The average molecular weight is 191 g/mol. The fourth-order valence-electron chi connectivity index (χ4n) is 1.44. The van der Waals surface area contributed by atoms with Crippen molar-refractivity contribution in [2.75, 3.05) is 6.61 Å². The van der Waals surface area contributed by atoms with Crippen LogP contribution in [0.3, 0.4) is 0 Å².